The molecule has 1 N–H and O–H groups in total. The van der Waals surface area contributed by atoms with Gasteiger partial charge in [0, 0.05) is 6.61 Å². The maximum atomic E-state index is 8.74. The van der Waals surface area contributed by atoms with Crippen LogP contribution < -0.4 is 0 Å². The minimum Gasteiger partial charge on any atom is -0.396 e. The first-order valence-corrected chi connectivity index (χ1v) is 3.66. The molecule has 0 aromatic heterocycles. The summed E-state index contributed by atoms with van der Waals surface area (Å²) in [7, 11) is 0. The van der Waals surface area contributed by atoms with Gasteiger partial charge >= 0.3 is 0 Å². The van der Waals surface area contributed by atoms with Crippen molar-refractivity contribution in [2.24, 2.45) is 17.3 Å². The Hall–Kier alpha value is -0.0400. The molecule has 54 valence electrons. The molecule has 1 aliphatic rings. The predicted molar refractivity (Wildman–Crippen MR) is 38.1 cm³/mol. The Bertz CT molecular complexity index is 102. The Morgan fingerprint density at radius 3 is 2.11 bits per heavy atom. The molecule has 0 radical (unpaired) electrons. The number of aliphatic hydroxyl groups excluding tert-OH is 1. The lowest BCUT2D eigenvalue weighted by Crippen LogP contribution is -2.10. The minimum absolute atomic E-state index is 0.391. The van der Waals surface area contributed by atoms with E-state index in [9.17, 15) is 0 Å². The van der Waals surface area contributed by atoms with Crippen LogP contribution in [0.5, 0.6) is 0 Å². The molecule has 0 bridgehead atoms. The van der Waals surface area contributed by atoms with E-state index in [-0.39, 0.29) is 0 Å². The van der Waals surface area contributed by atoms with Crippen molar-refractivity contribution in [1.29, 1.82) is 0 Å². The number of hydrogen-bond acceptors (Lipinski definition) is 1. The van der Waals surface area contributed by atoms with E-state index < -0.39 is 0 Å². The molecule has 0 spiro atoms. The molecule has 2 atom stereocenters. The number of aliphatic hydroxyl groups is 1. The van der Waals surface area contributed by atoms with Crippen molar-refractivity contribution in [3.8, 4) is 0 Å². The molecule has 1 heteroatoms. The van der Waals surface area contributed by atoms with Crippen molar-refractivity contribution in [2.45, 2.75) is 27.2 Å². The van der Waals surface area contributed by atoms with Gasteiger partial charge in [0.2, 0.25) is 0 Å². The van der Waals surface area contributed by atoms with Gasteiger partial charge in [-0.15, -0.1) is 0 Å². The molecule has 1 fully saturated rings. The average molecular weight is 128 g/mol. The van der Waals surface area contributed by atoms with Crippen molar-refractivity contribution in [3.63, 3.8) is 0 Å². The van der Waals surface area contributed by atoms with Crippen molar-refractivity contribution >= 4 is 0 Å². The number of hydrogen-bond donors (Lipinski definition) is 1. The average Bonchev–Trinajstić information content (AvgIpc) is 2.39. The van der Waals surface area contributed by atoms with Crippen LogP contribution in [0.25, 0.3) is 0 Å². The highest BCUT2D eigenvalue weighted by molar-refractivity contribution is 4.93. The van der Waals surface area contributed by atoms with Crippen LogP contribution in [0.4, 0.5) is 0 Å². The lowest BCUT2D eigenvalue weighted by Gasteiger charge is -2.17. The Balaban J connectivity index is 2.33. The zero-order valence-corrected chi connectivity index (χ0v) is 6.52. The van der Waals surface area contributed by atoms with Crippen LogP contribution in [-0.2, 0) is 0 Å². The highest BCUT2D eigenvalue weighted by Crippen LogP contribution is 2.50. The van der Waals surface area contributed by atoms with Crippen LogP contribution in [0, 0.1) is 17.3 Å². The van der Waals surface area contributed by atoms with E-state index in [0.29, 0.717) is 17.9 Å². The summed E-state index contributed by atoms with van der Waals surface area (Å²) in [5, 5.41) is 8.74. The normalized spacial score (nSPS) is 34.7. The molecule has 9 heavy (non-hydrogen) atoms. The molecule has 0 aromatic rings. The van der Waals surface area contributed by atoms with Gasteiger partial charge in [-0.25, -0.2) is 0 Å². The van der Waals surface area contributed by atoms with Gasteiger partial charge in [-0.1, -0.05) is 20.8 Å². The van der Waals surface area contributed by atoms with Crippen molar-refractivity contribution in [2.75, 3.05) is 6.61 Å². The molecule has 2 unspecified atom stereocenters. The summed E-state index contributed by atoms with van der Waals surface area (Å²) in [4.78, 5) is 0. The maximum absolute atomic E-state index is 8.74. The van der Waals surface area contributed by atoms with Crippen LogP contribution in [0.3, 0.4) is 0 Å². The minimum atomic E-state index is 0.391. The third kappa shape index (κ3) is 1.45. The van der Waals surface area contributed by atoms with Gasteiger partial charge in [-0.3, -0.25) is 0 Å². The standard InChI is InChI=1S/C8H16O/c1-8(2,3)7-4-6(7)5-9/h6-7,9H,4-5H2,1-3H3. The first-order valence-electron chi connectivity index (χ1n) is 3.66. The van der Waals surface area contributed by atoms with E-state index in [4.69, 9.17) is 5.11 Å². The van der Waals surface area contributed by atoms with Gasteiger partial charge in [0.25, 0.3) is 0 Å². The molecule has 0 heterocycles. The SMILES string of the molecule is CC(C)(C)C1CC1CO. The summed E-state index contributed by atoms with van der Waals surface area (Å²) in [5.74, 6) is 1.40. The van der Waals surface area contributed by atoms with Gasteiger partial charge in [0.05, 0.1) is 0 Å². The molecular formula is C8H16O. The van der Waals surface area contributed by atoms with E-state index >= 15 is 0 Å². The summed E-state index contributed by atoms with van der Waals surface area (Å²) in [6, 6.07) is 0. The topological polar surface area (TPSA) is 20.2 Å². The van der Waals surface area contributed by atoms with Crippen LogP contribution in [0.2, 0.25) is 0 Å². The summed E-state index contributed by atoms with van der Waals surface area (Å²) < 4.78 is 0. The van der Waals surface area contributed by atoms with Crippen LogP contribution in [-0.4, -0.2) is 11.7 Å². The fourth-order valence-corrected chi connectivity index (χ4v) is 1.51. The predicted octanol–water partition coefficient (Wildman–Crippen LogP) is 1.66. The zero-order chi connectivity index (χ0) is 7.07. The highest BCUT2D eigenvalue weighted by atomic mass is 16.3. The fourth-order valence-electron chi connectivity index (χ4n) is 1.51. The summed E-state index contributed by atoms with van der Waals surface area (Å²) in [5.41, 5.74) is 0.424. The van der Waals surface area contributed by atoms with E-state index in [1.807, 2.05) is 0 Å². The van der Waals surface area contributed by atoms with Gasteiger partial charge in [0.1, 0.15) is 0 Å². The molecule has 0 aliphatic heterocycles. The Labute approximate surface area is 57.1 Å². The van der Waals surface area contributed by atoms with Crippen molar-refractivity contribution in [3.05, 3.63) is 0 Å². The summed E-state index contributed by atoms with van der Waals surface area (Å²) >= 11 is 0. The fraction of sp³-hybridized carbons (Fsp3) is 1.00. The third-order valence-corrected chi connectivity index (χ3v) is 2.27. The third-order valence-electron chi connectivity index (χ3n) is 2.27. The Morgan fingerprint density at radius 1 is 1.44 bits per heavy atom. The molecule has 1 aliphatic carbocycles. The highest BCUT2D eigenvalue weighted by Gasteiger charge is 2.44. The van der Waals surface area contributed by atoms with Gasteiger partial charge in [-0.2, -0.15) is 0 Å². The molecule has 1 saturated carbocycles. The zero-order valence-electron chi connectivity index (χ0n) is 6.52. The first-order chi connectivity index (χ1) is 4.05. The molecule has 1 nitrogen and oxygen atoms in total. The molecule has 1 rings (SSSR count). The maximum Gasteiger partial charge on any atom is 0.0462 e. The largest absolute Gasteiger partial charge is 0.396 e. The van der Waals surface area contributed by atoms with Gasteiger partial charge < -0.3 is 5.11 Å². The van der Waals surface area contributed by atoms with Gasteiger partial charge in [-0.05, 0) is 23.7 Å². The first kappa shape index (κ1) is 7.07. The second-order valence-corrected chi connectivity index (χ2v) is 4.15. The van der Waals surface area contributed by atoms with E-state index in [1.54, 1.807) is 0 Å². The smallest absolute Gasteiger partial charge is 0.0462 e. The second kappa shape index (κ2) is 1.98. The van der Waals surface area contributed by atoms with Crippen molar-refractivity contribution < 1.29 is 5.11 Å². The monoisotopic (exact) mass is 128 g/mol. The lowest BCUT2D eigenvalue weighted by molar-refractivity contribution is 0.239. The lowest BCUT2D eigenvalue weighted by atomic mass is 9.89. The molecule has 0 amide bonds. The number of rotatable bonds is 1. The van der Waals surface area contributed by atoms with Crippen LogP contribution >= 0.6 is 0 Å². The van der Waals surface area contributed by atoms with E-state index in [0.717, 1.165) is 5.92 Å². The summed E-state index contributed by atoms with van der Waals surface area (Å²) in [6.07, 6.45) is 1.24. The van der Waals surface area contributed by atoms with Gasteiger partial charge in [0.15, 0.2) is 0 Å². The Kier molecular flexibility index (Phi) is 1.55. The summed E-state index contributed by atoms with van der Waals surface area (Å²) in [6.45, 7) is 7.12. The molecule has 0 aromatic carbocycles. The quantitative estimate of drug-likeness (QED) is 0.569. The Morgan fingerprint density at radius 2 is 2.00 bits per heavy atom. The van der Waals surface area contributed by atoms with Crippen LogP contribution in [0.1, 0.15) is 27.2 Å². The molecule has 0 saturated heterocycles. The van der Waals surface area contributed by atoms with Crippen molar-refractivity contribution in [1.82, 2.24) is 0 Å². The van der Waals surface area contributed by atoms with Crippen LogP contribution in [0.15, 0.2) is 0 Å². The van der Waals surface area contributed by atoms with E-state index in [2.05, 4.69) is 20.8 Å². The van der Waals surface area contributed by atoms with E-state index in [1.165, 1.54) is 6.42 Å². The second-order valence-electron chi connectivity index (χ2n) is 4.15. The molecular weight excluding hydrogens is 112 g/mol.